The third-order valence-corrected chi connectivity index (χ3v) is 19.1. The molecule has 43 heteroatoms. The number of imide groups is 1. The molecule has 5 rings (SSSR count). The minimum atomic E-state index is -0.979. The Labute approximate surface area is 836 Å². The molecule has 142 heavy (non-hydrogen) atoms. The zero-order valence-corrected chi connectivity index (χ0v) is 89.1. The number of likely N-dealkylation sites (tertiary alicyclic amines) is 4. The number of hydrogen-bond donors (Lipinski definition) is 4. The minimum Gasteiger partial charge on any atom is -0.480 e. The maximum Gasteiger partial charge on any atom is 0.417 e. The number of hydrogen-bond acceptors (Lipinski definition) is 35. The van der Waals surface area contributed by atoms with Gasteiger partial charge in [0.25, 0.3) is 0 Å². The first kappa shape index (κ1) is 140. The number of carboxylic acids is 1. The molecule has 5 fully saturated rings. The Hall–Kier alpha value is -12.9. The van der Waals surface area contributed by atoms with Crippen LogP contribution in [0.1, 0.15) is 256 Å². The molecule has 4 N–H and O–H groups in total. The Bertz CT molecular complexity index is 4110. The van der Waals surface area contributed by atoms with Gasteiger partial charge in [0.2, 0.25) is 11.8 Å². The van der Waals surface area contributed by atoms with Crippen LogP contribution in [-0.2, 0) is 138 Å². The fourth-order valence-corrected chi connectivity index (χ4v) is 13.4. The second-order valence-corrected chi connectivity index (χ2v) is 38.3. The van der Waals surface area contributed by atoms with Crippen molar-refractivity contribution in [3.63, 3.8) is 0 Å². The van der Waals surface area contributed by atoms with Crippen LogP contribution in [-0.4, -0.2) is 285 Å². The van der Waals surface area contributed by atoms with E-state index >= 15 is 0 Å². The number of carboxylic acid groups (broad SMARTS) is 1. The Balaban J connectivity index is -0.000000370. The Morgan fingerprint density at radius 1 is 0.423 bits per heavy atom. The molecule has 14 atom stereocenters. The second-order valence-electron chi connectivity index (χ2n) is 38.3. The molecule has 0 bridgehead atoms. The van der Waals surface area contributed by atoms with Gasteiger partial charge in [-0.05, 0) is 239 Å². The van der Waals surface area contributed by atoms with Gasteiger partial charge in [-0.2, -0.15) is 28.8 Å². The van der Waals surface area contributed by atoms with Crippen LogP contribution >= 0.6 is 0 Å². The first-order valence-corrected chi connectivity index (χ1v) is 45.9. The van der Waals surface area contributed by atoms with E-state index in [-0.39, 0.29) is 78.2 Å². The van der Waals surface area contributed by atoms with Gasteiger partial charge in [0.05, 0.1) is 55.7 Å². The molecule has 8 amide bonds. The summed E-state index contributed by atoms with van der Waals surface area (Å²) in [5.74, 6) is -4.07. The minimum absolute atomic E-state index is 0.0694. The van der Waals surface area contributed by atoms with Crippen molar-refractivity contribution in [3.8, 4) is 0 Å². The molecule has 0 aliphatic carbocycles. The topological polar surface area (TPSA) is 565 Å². The third-order valence-electron chi connectivity index (χ3n) is 19.1. The van der Waals surface area contributed by atoms with E-state index in [1.165, 1.54) is 64.5 Å². The highest BCUT2D eigenvalue weighted by atomic mass is 16.6. The van der Waals surface area contributed by atoms with Crippen molar-refractivity contribution in [2.75, 3.05) is 69.4 Å². The quantitative estimate of drug-likeness (QED) is 0.0355. The fraction of sp³-hybridized carbons (Fsp3) is 0.687. The van der Waals surface area contributed by atoms with Crippen LogP contribution in [0.3, 0.4) is 0 Å². The summed E-state index contributed by atoms with van der Waals surface area (Å²) in [6, 6.07) is -4.62. The standard InChI is InChI=1S/C14H21NO5.2C14H23NO4.C14H25NO4.C13H21NO4.C11H21NO4.C9H13NO3.C7H14O2.3CO2/c1-6-7-9-8-10(12(17)19-5)15(11(9)16)13(18)20-14(2,3)4;2*1-6-7-10-8-11(12(16)18-5)15(9-10)13(17)19-14(2,3)4;1-7-8-10(2)9-11(12(16)18-6)15-13(17)19-14(3,4)5;1-5-6-9-7-10(11(15)16)14(8-9)12(17)18-13(2,3)4;1-6-7-8(9(13)15-5)12-10(14)16-11(2,3)4;1-3-4-6-5-7(9(12)13-2)10-8(6)11;1-4-5-6(2)7(8)9-3;3*2-1-3/h6,9-10H,1,7-8H2,2-5H3;6-7,10-11H,8-9H2,1-5H3;6,10-11H,1,7-9H2,2-5H3;7,10-11H,1,8-9H2,2-6H3,(H,15,17);5-6,9-10H,7-8H2,1-4H3,(H,15,16);8H,6-7H2,1-5H3,(H,12,14);3,6-7H,1,4-5H2,2H3,(H,10,11);6H,4-5H2,1-3H3;;;/t;;;10-,11?;;;;;;;/m...0......./s1. The molecule has 0 aromatic rings. The summed E-state index contributed by atoms with van der Waals surface area (Å²) in [6.45, 7) is 59.3. The largest absolute Gasteiger partial charge is 0.480 e. The maximum atomic E-state index is 12.2. The van der Waals surface area contributed by atoms with E-state index in [4.69, 9.17) is 71.8 Å². The molecule has 0 aromatic heterocycles. The average molecular weight is 2030 g/mol. The predicted molar refractivity (Wildman–Crippen MR) is 514 cm³/mol. The van der Waals surface area contributed by atoms with Crippen molar-refractivity contribution in [2.24, 2.45) is 41.4 Å². The number of carbonyl (C=O) groups excluding carboxylic acids is 21. The first-order chi connectivity index (χ1) is 65.6. The lowest BCUT2D eigenvalue weighted by Crippen LogP contribution is -2.46. The normalized spacial score (nSPS) is 19.3. The van der Waals surface area contributed by atoms with Crippen molar-refractivity contribution < 1.29 is 172 Å². The van der Waals surface area contributed by atoms with Crippen molar-refractivity contribution >= 4 is 115 Å². The number of nitrogens with zero attached hydrogens (tertiary/aromatic N) is 4. The number of methoxy groups -OCH3 is 7. The molecule has 5 aliphatic rings. The Kier molecular flexibility index (Phi) is 71.2. The molecule has 0 aromatic carbocycles. The summed E-state index contributed by atoms with van der Waals surface area (Å²) >= 11 is 0. The van der Waals surface area contributed by atoms with Gasteiger partial charge < -0.3 is 82.6 Å². The predicted octanol–water partition coefficient (Wildman–Crippen LogP) is 13.5. The average Bonchev–Trinajstić information content (AvgIpc) is 1.66. The van der Waals surface area contributed by atoms with Crippen LogP contribution in [0.5, 0.6) is 0 Å². The number of esters is 7. The molecular formula is C99H161N7O36. The number of rotatable bonds is 26. The highest BCUT2D eigenvalue weighted by Crippen LogP contribution is 2.34. The Morgan fingerprint density at radius 2 is 0.761 bits per heavy atom. The van der Waals surface area contributed by atoms with E-state index in [0.29, 0.717) is 71.0 Å². The number of allylic oxidation sites excluding steroid dienone is 6. The molecule has 5 heterocycles. The molecule has 0 saturated carbocycles. The van der Waals surface area contributed by atoms with Crippen LogP contribution in [0, 0.1) is 41.4 Å². The molecule has 808 valence electrons. The number of alkyl carbamates (subject to hydrolysis) is 2. The van der Waals surface area contributed by atoms with Gasteiger partial charge >= 0.3 is 103 Å². The zero-order valence-electron chi connectivity index (χ0n) is 89.1. The molecule has 0 radical (unpaired) electrons. The summed E-state index contributed by atoms with van der Waals surface area (Å²) < 4.78 is 63.7. The third kappa shape index (κ3) is 63.0. The van der Waals surface area contributed by atoms with Crippen LogP contribution < -0.4 is 16.0 Å². The van der Waals surface area contributed by atoms with Crippen molar-refractivity contribution in [1.29, 1.82) is 0 Å². The molecular weight excluding hydrogens is 1860 g/mol. The number of carbonyl (C=O) groups is 16. The lowest BCUT2D eigenvalue weighted by atomic mass is 9.98. The van der Waals surface area contributed by atoms with E-state index in [2.05, 4.69) is 72.9 Å². The van der Waals surface area contributed by atoms with Gasteiger partial charge in [0.1, 0.15) is 75.9 Å². The smallest absolute Gasteiger partial charge is 0.417 e. The molecule has 5 aliphatic heterocycles. The van der Waals surface area contributed by atoms with E-state index in [0.717, 1.165) is 37.0 Å². The fourth-order valence-electron chi connectivity index (χ4n) is 13.4. The maximum absolute atomic E-state index is 12.2. The number of aliphatic carboxylic acids is 1. The number of ether oxygens (including phenoxy) is 13. The highest BCUT2D eigenvalue weighted by Gasteiger charge is 2.49. The first-order valence-electron chi connectivity index (χ1n) is 45.9. The van der Waals surface area contributed by atoms with Crippen LogP contribution in [0.15, 0.2) is 74.9 Å². The highest BCUT2D eigenvalue weighted by molar-refractivity contribution is 6.01. The van der Waals surface area contributed by atoms with Crippen LogP contribution in [0.25, 0.3) is 0 Å². The van der Waals surface area contributed by atoms with Crippen molar-refractivity contribution in [3.05, 3.63) is 74.9 Å². The summed E-state index contributed by atoms with van der Waals surface area (Å²) in [7, 11) is 9.21. The van der Waals surface area contributed by atoms with E-state index in [1.54, 1.807) is 149 Å². The van der Waals surface area contributed by atoms with Gasteiger partial charge in [-0.3, -0.25) is 29.1 Å². The van der Waals surface area contributed by atoms with Gasteiger partial charge in [0.15, 0.2) is 0 Å². The summed E-state index contributed by atoms with van der Waals surface area (Å²) in [5.41, 5.74) is -3.67. The van der Waals surface area contributed by atoms with Crippen LogP contribution in [0.2, 0.25) is 0 Å². The van der Waals surface area contributed by atoms with E-state index in [1.807, 2.05) is 58.9 Å². The monoisotopic (exact) mass is 2020 g/mol. The van der Waals surface area contributed by atoms with Gasteiger partial charge in [-0.25, -0.2) is 67.2 Å². The summed E-state index contributed by atoms with van der Waals surface area (Å²) in [4.78, 5) is 240. The summed E-state index contributed by atoms with van der Waals surface area (Å²) in [6.07, 6.45) is 20.5. The van der Waals surface area contributed by atoms with E-state index in [9.17, 15) is 76.7 Å². The Morgan fingerprint density at radius 3 is 1.11 bits per heavy atom. The van der Waals surface area contributed by atoms with Crippen molar-refractivity contribution in [1.82, 2.24) is 35.6 Å². The summed E-state index contributed by atoms with van der Waals surface area (Å²) in [5, 5.41) is 16.8. The lowest BCUT2D eigenvalue weighted by molar-refractivity contribution is -0.193. The number of amides is 8. The van der Waals surface area contributed by atoms with Gasteiger partial charge in [-0.15, -0.1) is 26.3 Å². The van der Waals surface area contributed by atoms with Crippen LogP contribution in [0.4, 0.5) is 28.8 Å². The van der Waals surface area contributed by atoms with Crippen molar-refractivity contribution in [2.45, 2.75) is 332 Å². The van der Waals surface area contributed by atoms with Gasteiger partial charge in [0, 0.05) is 31.5 Å². The van der Waals surface area contributed by atoms with E-state index < -0.39 is 160 Å². The SMILES string of the molecule is C=CCC1CC(C(=O)OC)N(C(=O)OC(C)(C)C)C1.C=CCC1CC(C(=O)OC)N(C(=O)OC(C)(C)C)C1=O.C=CCC1CC(C(=O)OC)NC1=O.C=CC[C@H](C)CC(NC(=O)OC(C)(C)C)C(=O)OC.CC=CC1CC(C(=O)O)N(C(=O)OC(C)(C)C)C1.CC=CC1CC(C(=O)OC)N(C(=O)OC(C)(C)C)C1.CCCC(C)C(=O)OC.CCCC(NC(=O)OC(C)(C)C)C(=O)OC.O=C=O.O=C=O.O=C=O. The molecule has 5 saturated heterocycles. The molecule has 13 unspecified atom stereocenters. The lowest BCUT2D eigenvalue weighted by Gasteiger charge is -2.27. The molecule has 0 spiro atoms. The van der Waals surface area contributed by atoms with Gasteiger partial charge in [-0.1, -0.05) is 89.1 Å². The second kappa shape index (κ2) is 72.4. The molecule has 43 nitrogen and oxygen atoms in total. The zero-order chi connectivity index (χ0) is 112. The number of nitrogens with one attached hydrogen (secondary N) is 3.